The molecule has 0 radical (unpaired) electrons. The third-order valence-corrected chi connectivity index (χ3v) is 4.50. The van der Waals surface area contributed by atoms with E-state index in [9.17, 15) is 9.90 Å². The second-order valence-electron chi connectivity index (χ2n) is 4.23. The van der Waals surface area contributed by atoms with Crippen molar-refractivity contribution in [1.82, 2.24) is 9.97 Å². The summed E-state index contributed by atoms with van der Waals surface area (Å²) in [6.07, 6.45) is 3.15. The van der Waals surface area contributed by atoms with Gasteiger partial charge in [-0.2, -0.15) is 0 Å². The van der Waals surface area contributed by atoms with Crippen molar-refractivity contribution in [1.29, 1.82) is 0 Å². The van der Waals surface area contributed by atoms with Gasteiger partial charge in [0.2, 0.25) is 0 Å². The lowest BCUT2D eigenvalue weighted by Crippen LogP contribution is -2.09. The standard InChI is InChI=1S/C14H8ClIN2O2/c15-9-5-11-8(4-10(9)16)13(19)12(14(20)18-11)7-2-1-3-17-6-7/h1-6H,(H2,18,19,20). The highest BCUT2D eigenvalue weighted by Gasteiger charge is 2.15. The highest BCUT2D eigenvalue weighted by Crippen LogP contribution is 2.34. The van der Waals surface area contributed by atoms with E-state index in [4.69, 9.17) is 11.6 Å². The number of halogens is 2. The quantitative estimate of drug-likeness (QED) is 0.616. The highest BCUT2D eigenvalue weighted by atomic mass is 127. The van der Waals surface area contributed by atoms with Crippen LogP contribution in [0.3, 0.4) is 0 Å². The molecule has 100 valence electrons. The number of hydrogen-bond acceptors (Lipinski definition) is 3. The van der Waals surface area contributed by atoms with Crippen molar-refractivity contribution in [3.63, 3.8) is 0 Å². The van der Waals surface area contributed by atoms with Crippen LogP contribution < -0.4 is 5.56 Å². The zero-order chi connectivity index (χ0) is 14.3. The fourth-order valence-electron chi connectivity index (χ4n) is 2.05. The number of nitrogens with zero attached hydrogens (tertiary/aromatic N) is 1. The summed E-state index contributed by atoms with van der Waals surface area (Å²) in [4.78, 5) is 18.9. The molecule has 1 aromatic carbocycles. The molecule has 0 saturated heterocycles. The Hall–Kier alpha value is -1.60. The van der Waals surface area contributed by atoms with Crippen LogP contribution in [0.15, 0.2) is 41.5 Å². The van der Waals surface area contributed by atoms with E-state index in [0.717, 1.165) is 3.57 Å². The van der Waals surface area contributed by atoms with Crippen LogP contribution in [0.4, 0.5) is 0 Å². The van der Waals surface area contributed by atoms with Crippen molar-refractivity contribution in [2.75, 3.05) is 0 Å². The maximum Gasteiger partial charge on any atom is 0.260 e. The number of H-pyrrole nitrogens is 1. The normalized spacial score (nSPS) is 10.9. The summed E-state index contributed by atoms with van der Waals surface area (Å²) in [5.41, 5.74) is 0.910. The molecule has 20 heavy (non-hydrogen) atoms. The van der Waals surface area contributed by atoms with Crippen LogP contribution in [0.2, 0.25) is 5.02 Å². The minimum atomic E-state index is -0.375. The molecule has 3 aromatic rings. The van der Waals surface area contributed by atoms with Crippen molar-refractivity contribution in [3.8, 4) is 16.9 Å². The van der Waals surface area contributed by atoms with Gasteiger partial charge < -0.3 is 10.1 Å². The second-order valence-corrected chi connectivity index (χ2v) is 5.80. The minimum absolute atomic E-state index is 0.0636. The molecule has 0 aliphatic rings. The molecule has 2 aromatic heterocycles. The van der Waals surface area contributed by atoms with Crippen LogP contribution in [-0.4, -0.2) is 15.1 Å². The predicted molar refractivity (Wildman–Crippen MR) is 87.2 cm³/mol. The van der Waals surface area contributed by atoms with Gasteiger partial charge in [0.05, 0.1) is 16.1 Å². The smallest absolute Gasteiger partial charge is 0.260 e. The lowest BCUT2D eigenvalue weighted by Gasteiger charge is -2.08. The van der Waals surface area contributed by atoms with Crippen LogP contribution in [-0.2, 0) is 0 Å². The predicted octanol–water partition coefficient (Wildman–Crippen LogP) is 3.55. The molecule has 0 fully saturated rings. The third-order valence-electron chi connectivity index (χ3n) is 2.98. The molecule has 0 atom stereocenters. The Kier molecular flexibility index (Phi) is 3.39. The summed E-state index contributed by atoms with van der Waals surface area (Å²) in [5, 5.41) is 11.5. The van der Waals surface area contributed by atoms with Gasteiger partial charge in [-0.05, 0) is 40.8 Å². The van der Waals surface area contributed by atoms with Crippen molar-refractivity contribution in [3.05, 3.63) is 55.6 Å². The van der Waals surface area contributed by atoms with Gasteiger partial charge in [-0.1, -0.05) is 17.7 Å². The number of hydrogen-bond donors (Lipinski definition) is 2. The summed E-state index contributed by atoms with van der Waals surface area (Å²) >= 11 is 8.10. The number of fused-ring (bicyclic) bond motifs is 1. The Morgan fingerprint density at radius 1 is 1.35 bits per heavy atom. The Morgan fingerprint density at radius 3 is 2.85 bits per heavy atom. The van der Waals surface area contributed by atoms with Crippen LogP contribution in [0.5, 0.6) is 5.75 Å². The zero-order valence-corrected chi connectivity index (χ0v) is 12.9. The van der Waals surface area contributed by atoms with Gasteiger partial charge in [0.15, 0.2) is 0 Å². The minimum Gasteiger partial charge on any atom is -0.506 e. The fourth-order valence-corrected chi connectivity index (χ4v) is 2.68. The van der Waals surface area contributed by atoms with E-state index in [1.54, 1.807) is 30.5 Å². The Bertz CT molecular complexity index is 862. The Labute approximate surface area is 132 Å². The molecule has 3 rings (SSSR count). The molecule has 0 saturated carbocycles. The summed E-state index contributed by atoms with van der Waals surface area (Å²) in [5.74, 6) is -0.0636. The number of nitrogens with one attached hydrogen (secondary N) is 1. The molecule has 4 nitrogen and oxygen atoms in total. The molecule has 0 unspecified atom stereocenters. The first kappa shape index (κ1) is 13.4. The van der Waals surface area contributed by atoms with E-state index in [2.05, 4.69) is 32.6 Å². The van der Waals surface area contributed by atoms with Gasteiger partial charge in [-0.25, -0.2) is 0 Å². The molecule has 0 spiro atoms. The van der Waals surface area contributed by atoms with E-state index in [-0.39, 0.29) is 16.9 Å². The molecular formula is C14H8ClIN2O2. The van der Waals surface area contributed by atoms with Crippen molar-refractivity contribution >= 4 is 45.1 Å². The number of aromatic nitrogens is 2. The van der Waals surface area contributed by atoms with Gasteiger partial charge in [-0.3, -0.25) is 9.78 Å². The molecule has 0 aliphatic heterocycles. The van der Waals surface area contributed by atoms with Gasteiger partial charge >= 0.3 is 0 Å². The van der Waals surface area contributed by atoms with Gasteiger partial charge in [0.1, 0.15) is 5.75 Å². The number of aromatic hydroxyl groups is 1. The lowest BCUT2D eigenvalue weighted by atomic mass is 10.1. The van der Waals surface area contributed by atoms with Gasteiger partial charge in [0, 0.05) is 26.9 Å². The maximum absolute atomic E-state index is 12.2. The molecule has 6 heteroatoms. The molecule has 2 N–H and O–H groups in total. The summed E-state index contributed by atoms with van der Waals surface area (Å²) in [6, 6.07) is 6.81. The van der Waals surface area contributed by atoms with E-state index in [0.29, 0.717) is 21.5 Å². The topological polar surface area (TPSA) is 66.0 Å². The second kappa shape index (κ2) is 5.06. The fraction of sp³-hybridized carbons (Fsp3) is 0. The number of pyridine rings is 2. The van der Waals surface area contributed by atoms with Crippen molar-refractivity contribution in [2.45, 2.75) is 0 Å². The molecule has 0 amide bonds. The average molecular weight is 399 g/mol. The summed E-state index contributed by atoms with van der Waals surface area (Å²) < 4.78 is 0.802. The SMILES string of the molecule is O=c1[nH]c2cc(Cl)c(I)cc2c(O)c1-c1cccnc1. The first-order chi connectivity index (χ1) is 9.58. The third kappa shape index (κ3) is 2.16. The number of aromatic amines is 1. The Morgan fingerprint density at radius 2 is 2.15 bits per heavy atom. The van der Waals surface area contributed by atoms with E-state index >= 15 is 0 Å². The largest absolute Gasteiger partial charge is 0.506 e. The molecule has 0 aliphatic carbocycles. The lowest BCUT2D eigenvalue weighted by molar-refractivity contribution is 0.482. The van der Waals surface area contributed by atoms with Crippen LogP contribution in [0, 0.1) is 3.57 Å². The summed E-state index contributed by atoms with van der Waals surface area (Å²) in [7, 11) is 0. The first-order valence-electron chi connectivity index (χ1n) is 5.72. The van der Waals surface area contributed by atoms with E-state index in [1.807, 2.05) is 0 Å². The molecule has 2 heterocycles. The number of rotatable bonds is 1. The first-order valence-corrected chi connectivity index (χ1v) is 7.18. The molecular weight excluding hydrogens is 391 g/mol. The highest BCUT2D eigenvalue weighted by molar-refractivity contribution is 14.1. The van der Waals surface area contributed by atoms with E-state index in [1.165, 1.54) is 6.20 Å². The summed E-state index contributed by atoms with van der Waals surface area (Å²) in [6.45, 7) is 0. The monoisotopic (exact) mass is 398 g/mol. The maximum atomic E-state index is 12.2. The van der Waals surface area contributed by atoms with Crippen molar-refractivity contribution < 1.29 is 5.11 Å². The number of benzene rings is 1. The zero-order valence-electron chi connectivity index (χ0n) is 10.0. The van der Waals surface area contributed by atoms with E-state index < -0.39 is 0 Å². The van der Waals surface area contributed by atoms with Gasteiger partial charge in [-0.15, -0.1) is 0 Å². The van der Waals surface area contributed by atoms with Gasteiger partial charge in [0.25, 0.3) is 5.56 Å². The molecule has 0 bridgehead atoms. The van der Waals surface area contributed by atoms with Crippen molar-refractivity contribution in [2.24, 2.45) is 0 Å². The Balaban J connectivity index is 2.41. The van der Waals surface area contributed by atoms with Crippen LogP contribution in [0.1, 0.15) is 0 Å². The van der Waals surface area contributed by atoms with Crippen LogP contribution >= 0.6 is 34.2 Å². The van der Waals surface area contributed by atoms with Crippen LogP contribution in [0.25, 0.3) is 22.0 Å². The average Bonchev–Trinajstić information content (AvgIpc) is 2.43.